The van der Waals surface area contributed by atoms with Crippen LogP contribution in [0.2, 0.25) is 0 Å². The minimum atomic E-state index is 0.264. The third kappa shape index (κ3) is 0.866. The summed E-state index contributed by atoms with van der Waals surface area (Å²) in [6.07, 6.45) is 1.34. The van der Waals surface area contributed by atoms with Crippen molar-refractivity contribution < 1.29 is 0 Å². The number of nitrogens with zero attached hydrogens (tertiary/aromatic N) is 4. The van der Waals surface area contributed by atoms with E-state index in [0.29, 0.717) is 0 Å². The maximum absolute atomic E-state index is 5.27. The van der Waals surface area contributed by atoms with Crippen molar-refractivity contribution in [1.82, 2.24) is 20.2 Å². The Morgan fingerprint density at radius 1 is 1.71 bits per heavy atom. The van der Waals surface area contributed by atoms with Gasteiger partial charge < -0.3 is 0 Å². The van der Waals surface area contributed by atoms with Crippen LogP contribution in [0.5, 0.6) is 0 Å². The third-order valence-electron chi connectivity index (χ3n) is 0.498. The molecule has 0 amide bonds. The number of alkyl halides is 1. The van der Waals surface area contributed by atoms with Gasteiger partial charge in [0.15, 0.2) is 6.33 Å². The van der Waals surface area contributed by atoms with Gasteiger partial charge in [-0.3, -0.25) is 0 Å². The maximum Gasteiger partial charge on any atom is 0.162 e. The van der Waals surface area contributed by atoms with Gasteiger partial charge in [-0.25, -0.2) is 0 Å². The molecule has 1 aromatic heterocycles. The van der Waals surface area contributed by atoms with E-state index in [1.54, 1.807) is 0 Å². The van der Waals surface area contributed by atoms with E-state index in [9.17, 15) is 0 Å². The summed E-state index contributed by atoms with van der Waals surface area (Å²) in [5.41, 5.74) is 0. The van der Waals surface area contributed by atoms with Crippen LogP contribution < -0.4 is 0 Å². The lowest BCUT2D eigenvalue weighted by molar-refractivity contribution is 0.612. The Labute approximate surface area is 45.1 Å². The Balaban J connectivity index is 2.76. The van der Waals surface area contributed by atoms with E-state index in [2.05, 4.69) is 15.4 Å². The molecule has 0 aromatic carbocycles. The van der Waals surface area contributed by atoms with E-state index in [1.165, 1.54) is 11.1 Å². The largest absolute Gasteiger partial charge is 0.162 e. The van der Waals surface area contributed by atoms with Gasteiger partial charge in [-0.1, -0.05) is 11.6 Å². The molecule has 0 saturated carbocycles. The van der Waals surface area contributed by atoms with E-state index in [-0.39, 0.29) is 6.00 Å². The second-order valence-corrected chi connectivity index (χ2v) is 1.17. The fraction of sp³-hybridized carbons (Fsp3) is 0.500. The smallest absolute Gasteiger partial charge is 0.149 e. The predicted molar refractivity (Wildman–Crippen MR) is 23.7 cm³/mol. The molecule has 0 saturated heterocycles. The second-order valence-electron chi connectivity index (χ2n) is 0.928. The SMILES string of the molecule is ClCn1ncnn1. The molecule has 38 valence electrons. The molecular weight excluding hydrogens is 116 g/mol. The number of hydrogen-bond acceptors (Lipinski definition) is 3. The number of aromatic nitrogens is 4. The monoisotopic (exact) mass is 118 g/mol. The highest BCUT2D eigenvalue weighted by Gasteiger charge is 1.82. The Bertz CT molecular complexity index is 124. The van der Waals surface area contributed by atoms with Crippen molar-refractivity contribution in [2.75, 3.05) is 0 Å². The van der Waals surface area contributed by atoms with Crippen molar-refractivity contribution in [3.63, 3.8) is 0 Å². The molecular formula is C2H3ClN4. The fourth-order valence-corrected chi connectivity index (χ4v) is 0.353. The molecule has 0 bridgehead atoms. The topological polar surface area (TPSA) is 43.6 Å². The first-order chi connectivity index (χ1) is 3.43. The maximum atomic E-state index is 5.27. The molecule has 4 nitrogen and oxygen atoms in total. The summed E-state index contributed by atoms with van der Waals surface area (Å²) in [6.45, 7) is 0. The highest BCUT2D eigenvalue weighted by Crippen LogP contribution is 1.76. The van der Waals surface area contributed by atoms with Gasteiger partial charge in [0.2, 0.25) is 0 Å². The van der Waals surface area contributed by atoms with Crippen molar-refractivity contribution in [3.8, 4) is 0 Å². The van der Waals surface area contributed by atoms with Crippen LogP contribution in [0.4, 0.5) is 0 Å². The standard InChI is InChI=1S/C2H3ClN4/c3-1-7-5-2-4-6-7/h2H,1H2. The first-order valence-corrected chi connectivity index (χ1v) is 2.23. The molecule has 5 heteroatoms. The van der Waals surface area contributed by atoms with Crippen LogP contribution in [0.1, 0.15) is 0 Å². The zero-order valence-electron chi connectivity index (χ0n) is 3.45. The van der Waals surface area contributed by atoms with Crippen molar-refractivity contribution in [3.05, 3.63) is 6.33 Å². The molecule has 0 aliphatic rings. The zero-order chi connectivity index (χ0) is 5.11. The summed E-state index contributed by atoms with van der Waals surface area (Å²) in [5.74, 6) is 0. The number of halogens is 1. The Morgan fingerprint density at radius 2 is 2.57 bits per heavy atom. The number of rotatable bonds is 1. The first kappa shape index (κ1) is 4.52. The molecule has 0 fully saturated rings. The van der Waals surface area contributed by atoms with Crippen LogP contribution >= 0.6 is 11.6 Å². The molecule has 1 rings (SSSR count). The van der Waals surface area contributed by atoms with Gasteiger partial charge in [0, 0.05) is 0 Å². The number of hydrogen-bond donors (Lipinski definition) is 0. The van der Waals surface area contributed by atoms with Crippen LogP contribution in [0.3, 0.4) is 0 Å². The molecule has 1 heterocycles. The van der Waals surface area contributed by atoms with Crippen LogP contribution in [0.25, 0.3) is 0 Å². The average molecular weight is 119 g/mol. The highest BCUT2D eigenvalue weighted by atomic mass is 35.5. The second kappa shape index (κ2) is 1.88. The molecule has 0 radical (unpaired) electrons. The van der Waals surface area contributed by atoms with Crippen molar-refractivity contribution >= 4 is 11.6 Å². The molecule has 0 spiro atoms. The fourth-order valence-electron chi connectivity index (χ4n) is 0.243. The Morgan fingerprint density at radius 3 is 2.86 bits per heavy atom. The summed E-state index contributed by atoms with van der Waals surface area (Å²) in [6, 6.07) is 0.264. The zero-order valence-corrected chi connectivity index (χ0v) is 4.21. The van der Waals surface area contributed by atoms with E-state index in [4.69, 9.17) is 11.6 Å². The average Bonchev–Trinajstić information content (AvgIpc) is 2.14. The van der Waals surface area contributed by atoms with Gasteiger partial charge in [-0.15, -0.1) is 15.0 Å². The van der Waals surface area contributed by atoms with Gasteiger partial charge >= 0.3 is 0 Å². The van der Waals surface area contributed by atoms with E-state index < -0.39 is 0 Å². The van der Waals surface area contributed by atoms with Gasteiger partial charge in [0.05, 0.1) is 0 Å². The molecule has 0 unspecified atom stereocenters. The Kier molecular flexibility index (Phi) is 1.21. The van der Waals surface area contributed by atoms with E-state index in [1.807, 2.05) is 0 Å². The number of tetrazole rings is 1. The van der Waals surface area contributed by atoms with E-state index >= 15 is 0 Å². The minimum absolute atomic E-state index is 0.264. The summed E-state index contributed by atoms with van der Waals surface area (Å²) in [7, 11) is 0. The van der Waals surface area contributed by atoms with E-state index in [0.717, 1.165) is 0 Å². The van der Waals surface area contributed by atoms with Crippen LogP contribution in [-0.4, -0.2) is 20.2 Å². The lowest BCUT2D eigenvalue weighted by Gasteiger charge is -1.80. The summed E-state index contributed by atoms with van der Waals surface area (Å²) in [4.78, 5) is 1.28. The summed E-state index contributed by atoms with van der Waals surface area (Å²) in [5, 5.41) is 10.5. The lowest BCUT2D eigenvalue weighted by Crippen LogP contribution is -1.95. The molecule has 0 aliphatic carbocycles. The molecule has 1 aromatic rings. The summed E-state index contributed by atoms with van der Waals surface area (Å²) >= 11 is 5.27. The minimum Gasteiger partial charge on any atom is -0.149 e. The Hall–Kier alpha value is -0.640. The highest BCUT2D eigenvalue weighted by molar-refractivity contribution is 6.15. The molecule has 0 N–H and O–H groups in total. The normalized spacial score (nSPS) is 9.29. The molecule has 0 aliphatic heterocycles. The third-order valence-corrected chi connectivity index (χ3v) is 0.712. The predicted octanol–water partition coefficient (Wildman–Crippen LogP) is -0.131. The van der Waals surface area contributed by atoms with Gasteiger partial charge in [-0.05, 0) is 5.21 Å². The van der Waals surface area contributed by atoms with Crippen LogP contribution in [0, 0.1) is 0 Å². The molecule has 7 heavy (non-hydrogen) atoms. The first-order valence-electron chi connectivity index (χ1n) is 1.70. The van der Waals surface area contributed by atoms with Crippen molar-refractivity contribution in [1.29, 1.82) is 0 Å². The van der Waals surface area contributed by atoms with Gasteiger partial charge in [0.25, 0.3) is 0 Å². The summed E-state index contributed by atoms with van der Waals surface area (Å²) < 4.78 is 0. The van der Waals surface area contributed by atoms with Crippen molar-refractivity contribution in [2.24, 2.45) is 0 Å². The van der Waals surface area contributed by atoms with Gasteiger partial charge in [0.1, 0.15) is 6.00 Å². The van der Waals surface area contributed by atoms with Crippen LogP contribution in [-0.2, 0) is 6.00 Å². The molecule has 0 atom stereocenters. The van der Waals surface area contributed by atoms with Gasteiger partial charge in [-0.2, -0.15) is 0 Å². The van der Waals surface area contributed by atoms with Crippen LogP contribution in [0.15, 0.2) is 6.33 Å². The van der Waals surface area contributed by atoms with Crippen molar-refractivity contribution in [2.45, 2.75) is 6.00 Å². The quantitative estimate of drug-likeness (QED) is 0.483. The lowest BCUT2D eigenvalue weighted by atomic mass is 11.4.